The van der Waals surface area contributed by atoms with Crippen LogP contribution in [0.1, 0.15) is 18.4 Å². The summed E-state index contributed by atoms with van der Waals surface area (Å²) in [5, 5.41) is 0.535. The lowest BCUT2D eigenvalue weighted by atomic mass is 9.95. The lowest BCUT2D eigenvalue weighted by Gasteiger charge is -2.35. The highest BCUT2D eigenvalue weighted by Gasteiger charge is 2.34. The van der Waals surface area contributed by atoms with Gasteiger partial charge in [0.05, 0.1) is 6.61 Å². The summed E-state index contributed by atoms with van der Waals surface area (Å²) in [5.74, 6) is 0.449. The highest BCUT2D eigenvalue weighted by atomic mass is 35.5. The molecule has 0 radical (unpaired) electrons. The molecule has 3 fully saturated rings. The van der Waals surface area contributed by atoms with Crippen LogP contribution >= 0.6 is 11.6 Å². The van der Waals surface area contributed by atoms with E-state index in [4.69, 9.17) is 16.3 Å². The average Bonchev–Trinajstić information content (AvgIpc) is 2.78. The minimum Gasteiger partial charge on any atom is -0.383 e. The zero-order valence-corrected chi connectivity index (χ0v) is 13.9. The summed E-state index contributed by atoms with van der Waals surface area (Å²) < 4.78 is 18.4. The van der Waals surface area contributed by atoms with Gasteiger partial charge in [-0.15, -0.1) is 0 Å². The van der Waals surface area contributed by atoms with E-state index in [9.17, 15) is 4.39 Å². The molecule has 3 nitrogen and oxygen atoms in total. The molecule has 5 heteroatoms. The number of nitrogens with zero attached hydrogens (tertiary/aromatic N) is 2. The fourth-order valence-corrected chi connectivity index (χ4v) is 4.01. The molecule has 3 aliphatic rings. The Morgan fingerprint density at radius 3 is 2.91 bits per heavy atom. The standard InChI is InChI=1S/C17H24ClFN2O/c1-22-7-6-21-10-13-2-5-16(21)12-20(9-13)11-14-3-4-15(19)8-17(14)18/h3-4,8,13,16H,2,5-7,9-12H2,1H3/t13-,16+/m1/s1. The SMILES string of the molecule is COCCN1C[C@@H]2CC[C@H]1CN(Cc1ccc(F)cc1Cl)C2. The molecule has 0 aliphatic carbocycles. The van der Waals surface area contributed by atoms with Crippen molar-refractivity contribution in [2.75, 3.05) is 39.9 Å². The van der Waals surface area contributed by atoms with E-state index in [-0.39, 0.29) is 5.82 Å². The molecule has 0 saturated carbocycles. The third-order valence-corrected chi connectivity index (χ3v) is 5.25. The molecule has 3 heterocycles. The summed E-state index contributed by atoms with van der Waals surface area (Å²) in [6, 6.07) is 5.33. The van der Waals surface area contributed by atoms with Gasteiger partial charge < -0.3 is 4.74 Å². The zero-order chi connectivity index (χ0) is 15.5. The number of methoxy groups -OCH3 is 1. The van der Waals surface area contributed by atoms with Gasteiger partial charge in [0.15, 0.2) is 0 Å². The Morgan fingerprint density at radius 2 is 2.14 bits per heavy atom. The Labute approximate surface area is 137 Å². The second-order valence-corrected chi connectivity index (χ2v) is 6.92. The second-order valence-electron chi connectivity index (χ2n) is 6.51. The van der Waals surface area contributed by atoms with Crippen LogP contribution in [0.3, 0.4) is 0 Å². The van der Waals surface area contributed by atoms with Crippen molar-refractivity contribution in [1.82, 2.24) is 9.80 Å². The van der Waals surface area contributed by atoms with Crippen LogP contribution in [-0.4, -0.2) is 55.7 Å². The van der Waals surface area contributed by atoms with Gasteiger partial charge in [0.2, 0.25) is 0 Å². The Kier molecular flexibility index (Phi) is 5.34. The maximum Gasteiger partial charge on any atom is 0.124 e. The van der Waals surface area contributed by atoms with Gasteiger partial charge in [0, 0.05) is 50.9 Å². The molecule has 0 aromatic heterocycles. The number of halogens is 2. The van der Waals surface area contributed by atoms with E-state index in [0.29, 0.717) is 11.1 Å². The number of rotatable bonds is 5. The predicted octanol–water partition coefficient (Wildman–Crippen LogP) is 3.02. The number of piperidine rings is 1. The number of hydrogen-bond donors (Lipinski definition) is 0. The number of ether oxygens (including phenoxy) is 1. The molecular weight excluding hydrogens is 303 g/mol. The molecule has 2 bridgehead atoms. The highest BCUT2D eigenvalue weighted by molar-refractivity contribution is 6.31. The molecule has 22 heavy (non-hydrogen) atoms. The third-order valence-electron chi connectivity index (χ3n) is 4.89. The molecule has 0 spiro atoms. The average molecular weight is 327 g/mol. The Bertz CT molecular complexity index is 513. The number of fused-ring (bicyclic) bond motifs is 4. The zero-order valence-electron chi connectivity index (χ0n) is 13.1. The first-order chi connectivity index (χ1) is 10.7. The van der Waals surface area contributed by atoms with Gasteiger partial charge in [-0.1, -0.05) is 17.7 Å². The Balaban J connectivity index is 1.66. The van der Waals surface area contributed by atoms with Crippen LogP contribution in [0, 0.1) is 11.7 Å². The minimum absolute atomic E-state index is 0.268. The lowest BCUT2D eigenvalue weighted by molar-refractivity contribution is 0.0867. The maximum atomic E-state index is 13.2. The summed E-state index contributed by atoms with van der Waals surface area (Å²) in [4.78, 5) is 5.05. The molecule has 1 aromatic rings. The summed E-state index contributed by atoms with van der Waals surface area (Å²) >= 11 is 6.18. The Hall–Kier alpha value is -0.680. The first-order valence-electron chi connectivity index (χ1n) is 8.05. The van der Waals surface area contributed by atoms with Crippen molar-refractivity contribution < 1.29 is 9.13 Å². The van der Waals surface area contributed by atoms with Crippen molar-refractivity contribution in [3.63, 3.8) is 0 Å². The monoisotopic (exact) mass is 326 g/mol. The summed E-state index contributed by atoms with van der Waals surface area (Å²) in [5.41, 5.74) is 1.02. The van der Waals surface area contributed by atoms with Gasteiger partial charge in [-0.2, -0.15) is 0 Å². The van der Waals surface area contributed by atoms with Crippen molar-refractivity contribution in [1.29, 1.82) is 0 Å². The predicted molar refractivity (Wildman–Crippen MR) is 86.6 cm³/mol. The quantitative estimate of drug-likeness (QED) is 0.827. The fourth-order valence-electron chi connectivity index (χ4n) is 3.78. The molecule has 1 aromatic carbocycles. The second kappa shape index (κ2) is 7.26. The van der Waals surface area contributed by atoms with Crippen LogP contribution in [-0.2, 0) is 11.3 Å². The smallest absolute Gasteiger partial charge is 0.124 e. The van der Waals surface area contributed by atoms with E-state index in [0.717, 1.165) is 44.3 Å². The molecule has 3 aliphatic heterocycles. The van der Waals surface area contributed by atoms with E-state index in [1.54, 1.807) is 7.11 Å². The molecule has 0 N–H and O–H groups in total. The van der Waals surface area contributed by atoms with Crippen LogP contribution in [0.4, 0.5) is 4.39 Å². The first kappa shape index (κ1) is 16.2. The van der Waals surface area contributed by atoms with Gasteiger partial charge >= 0.3 is 0 Å². The van der Waals surface area contributed by atoms with Crippen LogP contribution in [0.5, 0.6) is 0 Å². The van der Waals surface area contributed by atoms with E-state index in [2.05, 4.69) is 9.80 Å². The number of hydrogen-bond acceptors (Lipinski definition) is 3. The van der Waals surface area contributed by atoms with Crippen LogP contribution in [0.25, 0.3) is 0 Å². The van der Waals surface area contributed by atoms with Gasteiger partial charge in [0.1, 0.15) is 5.82 Å². The van der Waals surface area contributed by atoms with Crippen LogP contribution in [0.2, 0.25) is 5.02 Å². The van der Waals surface area contributed by atoms with Crippen molar-refractivity contribution >= 4 is 11.6 Å². The van der Waals surface area contributed by atoms with Crippen LogP contribution < -0.4 is 0 Å². The molecule has 0 amide bonds. The van der Waals surface area contributed by atoms with Crippen molar-refractivity contribution in [2.45, 2.75) is 25.4 Å². The minimum atomic E-state index is -0.268. The molecule has 3 saturated heterocycles. The molecule has 2 atom stereocenters. The topological polar surface area (TPSA) is 15.7 Å². The molecule has 4 rings (SSSR count). The van der Waals surface area contributed by atoms with Crippen molar-refractivity contribution in [3.8, 4) is 0 Å². The first-order valence-corrected chi connectivity index (χ1v) is 8.43. The van der Waals surface area contributed by atoms with Gasteiger partial charge in [-0.05, 0) is 36.5 Å². The summed E-state index contributed by atoms with van der Waals surface area (Å²) in [7, 11) is 1.76. The van der Waals surface area contributed by atoms with Gasteiger partial charge in [-0.3, -0.25) is 9.80 Å². The van der Waals surface area contributed by atoms with Gasteiger partial charge in [0.25, 0.3) is 0 Å². The van der Waals surface area contributed by atoms with Crippen molar-refractivity contribution in [3.05, 3.63) is 34.6 Å². The van der Waals surface area contributed by atoms with E-state index in [1.807, 2.05) is 6.07 Å². The largest absolute Gasteiger partial charge is 0.383 e. The van der Waals surface area contributed by atoms with Crippen LogP contribution in [0.15, 0.2) is 18.2 Å². The molecule has 0 unspecified atom stereocenters. The Morgan fingerprint density at radius 1 is 1.27 bits per heavy atom. The summed E-state index contributed by atoms with van der Waals surface area (Å²) in [6.45, 7) is 5.96. The van der Waals surface area contributed by atoms with E-state index < -0.39 is 0 Å². The summed E-state index contributed by atoms with van der Waals surface area (Å²) in [6.07, 6.45) is 2.57. The van der Waals surface area contributed by atoms with E-state index in [1.165, 1.54) is 31.5 Å². The maximum absolute atomic E-state index is 13.2. The highest BCUT2D eigenvalue weighted by Crippen LogP contribution is 2.29. The fraction of sp³-hybridized carbons (Fsp3) is 0.647. The van der Waals surface area contributed by atoms with Gasteiger partial charge in [-0.25, -0.2) is 4.39 Å². The lowest BCUT2D eigenvalue weighted by Crippen LogP contribution is -2.45. The molecular formula is C17H24ClFN2O. The molecule has 122 valence electrons. The number of benzene rings is 1. The van der Waals surface area contributed by atoms with E-state index >= 15 is 0 Å². The normalized spacial score (nSPS) is 26.3. The third kappa shape index (κ3) is 3.80. The van der Waals surface area contributed by atoms with Crippen molar-refractivity contribution in [2.24, 2.45) is 5.92 Å².